The van der Waals surface area contributed by atoms with Gasteiger partial charge in [0.25, 0.3) is 5.91 Å². The number of carbonyl (C=O) groups is 2. The van der Waals surface area contributed by atoms with Crippen molar-refractivity contribution in [3.8, 4) is 5.75 Å². The average Bonchev–Trinajstić information content (AvgIpc) is 2.72. The minimum absolute atomic E-state index is 0.0165. The molecule has 4 heteroatoms. The number of ketones is 1. The molecule has 2 N–H and O–H groups in total. The number of hydrogen-bond acceptors (Lipinski definition) is 3. The van der Waals surface area contributed by atoms with Crippen molar-refractivity contribution in [1.82, 2.24) is 5.32 Å². The highest BCUT2D eigenvalue weighted by atomic mass is 16.3. The minimum Gasteiger partial charge on any atom is -0.508 e. The van der Waals surface area contributed by atoms with Gasteiger partial charge in [0.05, 0.1) is 0 Å². The molecule has 4 nitrogen and oxygen atoms in total. The van der Waals surface area contributed by atoms with Gasteiger partial charge in [-0.1, -0.05) is 58.4 Å². The molecule has 3 rings (SSSR count). The maximum atomic E-state index is 12.1. The Labute approximate surface area is 175 Å². The number of nitrogens with one attached hydrogen (secondary N) is 1. The molecule has 0 atom stereocenters. The van der Waals surface area contributed by atoms with E-state index in [4.69, 9.17) is 0 Å². The molecule has 0 heterocycles. The van der Waals surface area contributed by atoms with Crippen molar-refractivity contribution < 1.29 is 14.7 Å². The van der Waals surface area contributed by atoms with Gasteiger partial charge in [0.1, 0.15) is 11.5 Å². The van der Waals surface area contributed by atoms with Crippen molar-refractivity contribution in [1.29, 1.82) is 0 Å². The summed E-state index contributed by atoms with van der Waals surface area (Å²) >= 11 is 0. The summed E-state index contributed by atoms with van der Waals surface area (Å²) in [4.78, 5) is 23.1. The number of phenolic OH excluding ortho intramolecular Hbond substituents is 1. The number of aromatic hydroxyl groups is 1. The standard InChI is InChI=1S/C21H23NO3.2C2H6/c1-15(23)11-14-22-20(25)16-3-5-17(6-4-16)21(12-2-13-21)18-7-9-19(24)10-8-18;2*1-2/h3-10,24H,2,11-14H2,1H3,(H,22,25);2*1-2H3. The zero-order valence-electron chi connectivity index (χ0n) is 18.4. The van der Waals surface area contributed by atoms with E-state index < -0.39 is 0 Å². The summed E-state index contributed by atoms with van der Waals surface area (Å²) in [6.45, 7) is 9.88. The Hall–Kier alpha value is -2.62. The number of Topliss-reactive ketones (excluding diaryl/α,β-unsaturated/α-hetero) is 1. The molecule has 0 saturated heterocycles. The third-order valence-electron chi connectivity index (χ3n) is 5.09. The van der Waals surface area contributed by atoms with E-state index in [-0.39, 0.29) is 22.9 Å². The van der Waals surface area contributed by atoms with E-state index >= 15 is 0 Å². The second-order valence-corrected chi connectivity index (χ2v) is 6.77. The number of rotatable bonds is 6. The van der Waals surface area contributed by atoms with E-state index in [1.165, 1.54) is 24.5 Å². The molecule has 1 saturated carbocycles. The normalized spacial score (nSPS) is 13.6. The third-order valence-corrected chi connectivity index (χ3v) is 5.09. The SMILES string of the molecule is CC.CC.CC(=O)CCNC(=O)c1ccc(C2(c3ccc(O)cc3)CCC2)cc1. The molecule has 1 aliphatic rings. The Morgan fingerprint density at radius 2 is 1.38 bits per heavy atom. The molecule has 2 aromatic rings. The summed E-state index contributed by atoms with van der Waals surface area (Å²) in [5, 5.41) is 12.3. The van der Waals surface area contributed by atoms with Crippen LogP contribution in [-0.4, -0.2) is 23.3 Å². The second-order valence-electron chi connectivity index (χ2n) is 6.77. The summed E-state index contributed by atoms with van der Waals surface area (Å²) in [7, 11) is 0. The third kappa shape index (κ3) is 6.18. The number of phenols is 1. The lowest BCUT2D eigenvalue weighted by atomic mass is 9.60. The van der Waals surface area contributed by atoms with Gasteiger partial charge in [0, 0.05) is 23.9 Å². The van der Waals surface area contributed by atoms with Crippen LogP contribution in [0.5, 0.6) is 5.75 Å². The topological polar surface area (TPSA) is 66.4 Å². The monoisotopic (exact) mass is 397 g/mol. The molecule has 0 bridgehead atoms. The van der Waals surface area contributed by atoms with Crippen molar-refractivity contribution in [3.63, 3.8) is 0 Å². The lowest BCUT2D eigenvalue weighted by molar-refractivity contribution is -0.116. The zero-order valence-corrected chi connectivity index (χ0v) is 18.4. The smallest absolute Gasteiger partial charge is 0.251 e. The maximum absolute atomic E-state index is 12.1. The van der Waals surface area contributed by atoms with E-state index in [1.54, 1.807) is 12.1 Å². The Morgan fingerprint density at radius 1 is 0.897 bits per heavy atom. The van der Waals surface area contributed by atoms with Crippen molar-refractivity contribution in [2.24, 2.45) is 0 Å². The Kier molecular flexibility index (Phi) is 10.1. The highest BCUT2D eigenvalue weighted by molar-refractivity contribution is 5.94. The van der Waals surface area contributed by atoms with Crippen LogP contribution in [0.3, 0.4) is 0 Å². The predicted octanol–water partition coefficient (Wildman–Crippen LogP) is 5.62. The van der Waals surface area contributed by atoms with Crippen LogP contribution in [0.1, 0.15) is 81.8 Å². The molecule has 1 aliphatic carbocycles. The highest BCUT2D eigenvalue weighted by Crippen LogP contribution is 2.49. The van der Waals surface area contributed by atoms with Crippen molar-refractivity contribution in [3.05, 3.63) is 65.2 Å². The van der Waals surface area contributed by atoms with E-state index in [2.05, 4.69) is 5.32 Å². The molecule has 0 unspecified atom stereocenters. The Balaban J connectivity index is 0.000000989. The molecular weight excluding hydrogens is 362 g/mol. The van der Waals surface area contributed by atoms with E-state index in [9.17, 15) is 14.7 Å². The van der Waals surface area contributed by atoms with Crippen LogP contribution in [-0.2, 0) is 10.2 Å². The van der Waals surface area contributed by atoms with Crippen molar-refractivity contribution in [2.75, 3.05) is 6.54 Å². The quantitative estimate of drug-likeness (QED) is 0.664. The van der Waals surface area contributed by atoms with Gasteiger partial charge in [-0.25, -0.2) is 0 Å². The first-order valence-electron chi connectivity index (χ1n) is 10.7. The van der Waals surface area contributed by atoms with Gasteiger partial charge in [-0.05, 0) is 55.2 Å². The first kappa shape index (κ1) is 24.4. The molecule has 0 aliphatic heterocycles. The van der Waals surface area contributed by atoms with Crippen LogP contribution in [0, 0.1) is 0 Å². The first-order valence-corrected chi connectivity index (χ1v) is 10.7. The number of amides is 1. The summed E-state index contributed by atoms with van der Waals surface area (Å²) in [6, 6.07) is 15.2. The first-order chi connectivity index (χ1) is 14.0. The number of carbonyl (C=O) groups excluding carboxylic acids is 2. The van der Waals surface area contributed by atoms with Gasteiger partial charge >= 0.3 is 0 Å². The molecule has 0 spiro atoms. The molecule has 2 aromatic carbocycles. The summed E-state index contributed by atoms with van der Waals surface area (Å²) in [6.07, 6.45) is 3.67. The zero-order chi connectivity index (χ0) is 21.9. The summed E-state index contributed by atoms with van der Waals surface area (Å²) < 4.78 is 0. The number of hydrogen-bond donors (Lipinski definition) is 2. The second kappa shape index (κ2) is 12.1. The highest BCUT2D eigenvalue weighted by Gasteiger charge is 2.40. The fraction of sp³-hybridized carbons (Fsp3) is 0.440. The minimum atomic E-state index is -0.153. The van der Waals surface area contributed by atoms with E-state index in [0.717, 1.165) is 12.8 Å². The Bertz CT molecular complexity index is 760. The summed E-state index contributed by atoms with van der Waals surface area (Å²) in [5.41, 5.74) is 2.99. The predicted molar refractivity (Wildman–Crippen MR) is 120 cm³/mol. The van der Waals surface area contributed by atoms with Crippen molar-refractivity contribution in [2.45, 2.75) is 65.7 Å². The van der Waals surface area contributed by atoms with E-state index in [0.29, 0.717) is 18.5 Å². The van der Waals surface area contributed by atoms with Gasteiger partial charge in [-0.2, -0.15) is 0 Å². The van der Waals surface area contributed by atoms with Crippen molar-refractivity contribution >= 4 is 11.7 Å². The van der Waals surface area contributed by atoms with Gasteiger partial charge < -0.3 is 10.4 Å². The fourth-order valence-corrected chi connectivity index (χ4v) is 3.45. The Morgan fingerprint density at radius 3 is 1.79 bits per heavy atom. The molecule has 29 heavy (non-hydrogen) atoms. The van der Waals surface area contributed by atoms with Crippen LogP contribution in [0.4, 0.5) is 0 Å². The lowest BCUT2D eigenvalue weighted by Gasteiger charge is -2.43. The van der Waals surface area contributed by atoms with Crippen LogP contribution in [0.2, 0.25) is 0 Å². The summed E-state index contributed by atoms with van der Waals surface area (Å²) in [5.74, 6) is 0.187. The van der Waals surface area contributed by atoms with Gasteiger partial charge in [-0.3, -0.25) is 9.59 Å². The van der Waals surface area contributed by atoms with Gasteiger partial charge in [0.15, 0.2) is 0 Å². The average molecular weight is 398 g/mol. The van der Waals surface area contributed by atoms with Gasteiger partial charge in [-0.15, -0.1) is 0 Å². The van der Waals surface area contributed by atoms with E-state index in [1.807, 2.05) is 64.1 Å². The van der Waals surface area contributed by atoms with Crippen LogP contribution in [0.25, 0.3) is 0 Å². The molecule has 0 radical (unpaired) electrons. The van der Waals surface area contributed by atoms with Gasteiger partial charge in [0.2, 0.25) is 0 Å². The molecular formula is C25H35NO3. The molecule has 0 aromatic heterocycles. The molecule has 1 amide bonds. The number of benzene rings is 2. The fourth-order valence-electron chi connectivity index (χ4n) is 3.45. The largest absolute Gasteiger partial charge is 0.508 e. The molecule has 158 valence electrons. The van der Waals surface area contributed by atoms with Crippen LogP contribution in [0.15, 0.2) is 48.5 Å². The molecule has 1 fully saturated rings. The van der Waals surface area contributed by atoms with Crippen LogP contribution < -0.4 is 5.32 Å². The lowest BCUT2D eigenvalue weighted by Crippen LogP contribution is -2.35. The van der Waals surface area contributed by atoms with Crippen LogP contribution >= 0.6 is 0 Å². The maximum Gasteiger partial charge on any atom is 0.251 e.